The molecular weight excluding hydrogens is 282 g/mol. The van der Waals surface area contributed by atoms with Crippen LogP contribution in [-0.4, -0.2) is 35.7 Å². The topological polar surface area (TPSA) is 75.6 Å². The molecule has 3 fully saturated rings. The first-order valence-corrected chi connectivity index (χ1v) is 8.73. The van der Waals surface area contributed by atoms with E-state index in [1.165, 1.54) is 19.3 Å². The van der Waals surface area contributed by atoms with Gasteiger partial charge in [0, 0.05) is 18.1 Å². The molecule has 1 amide bonds. The minimum atomic E-state index is -0.834. The molecule has 3 saturated carbocycles. The second-order valence-corrected chi connectivity index (χ2v) is 7.16. The van der Waals surface area contributed by atoms with E-state index in [-0.39, 0.29) is 29.4 Å². The van der Waals surface area contributed by atoms with E-state index in [0.29, 0.717) is 12.8 Å². The SMILES string of the molecule is CCOC1CC(NC(=O)C2CCC2C(=O)O)C12CCCCC2. The predicted octanol–water partition coefficient (Wildman–Crippen LogP) is 2.34. The quantitative estimate of drug-likeness (QED) is 0.817. The molecule has 3 aliphatic rings. The van der Waals surface area contributed by atoms with Gasteiger partial charge in [0.2, 0.25) is 5.91 Å². The Morgan fingerprint density at radius 2 is 1.86 bits per heavy atom. The van der Waals surface area contributed by atoms with Gasteiger partial charge in [-0.25, -0.2) is 0 Å². The van der Waals surface area contributed by atoms with Crippen LogP contribution < -0.4 is 5.32 Å². The lowest BCUT2D eigenvalue weighted by Crippen LogP contribution is -2.66. The summed E-state index contributed by atoms with van der Waals surface area (Å²) in [7, 11) is 0. The van der Waals surface area contributed by atoms with Gasteiger partial charge >= 0.3 is 5.97 Å². The van der Waals surface area contributed by atoms with Gasteiger partial charge in [-0.3, -0.25) is 9.59 Å². The standard InChI is InChI=1S/C17H27NO4/c1-2-22-14-10-13(17(14)8-4-3-5-9-17)18-15(19)11-6-7-12(11)16(20)21/h11-14H,2-10H2,1H3,(H,18,19)(H,20,21). The molecule has 4 unspecified atom stereocenters. The van der Waals surface area contributed by atoms with Crippen LogP contribution >= 0.6 is 0 Å². The summed E-state index contributed by atoms with van der Waals surface area (Å²) in [6.45, 7) is 2.74. The molecule has 0 aromatic rings. The Morgan fingerprint density at radius 1 is 1.18 bits per heavy atom. The third-order valence-electron chi connectivity index (χ3n) is 6.18. The molecule has 0 saturated heterocycles. The van der Waals surface area contributed by atoms with Crippen molar-refractivity contribution in [2.75, 3.05) is 6.61 Å². The average Bonchev–Trinajstić information content (AvgIpc) is 2.45. The van der Waals surface area contributed by atoms with Gasteiger partial charge in [0.25, 0.3) is 0 Å². The Labute approximate surface area is 131 Å². The lowest BCUT2D eigenvalue weighted by molar-refractivity contribution is -0.164. The number of hydrogen-bond acceptors (Lipinski definition) is 3. The summed E-state index contributed by atoms with van der Waals surface area (Å²) in [5.74, 6) is -1.70. The van der Waals surface area contributed by atoms with E-state index in [0.717, 1.165) is 25.9 Å². The van der Waals surface area contributed by atoms with Crippen LogP contribution in [0.25, 0.3) is 0 Å². The van der Waals surface area contributed by atoms with E-state index in [4.69, 9.17) is 9.84 Å². The molecule has 4 atom stereocenters. The number of aliphatic carboxylic acids is 1. The number of carboxylic acid groups (broad SMARTS) is 1. The van der Waals surface area contributed by atoms with Gasteiger partial charge in [-0.1, -0.05) is 19.3 Å². The molecule has 0 radical (unpaired) electrons. The van der Waals surface area contributed by atoms with Gasteiger partial charge in [0.15, 0.2) is 0 Å². The Bertz CT molecular complexity index is 444. The third-order valence-corrected chi connectivity index (χ3v) is 6.18. The smallest absolute Gasteiger partial charge is 0.307 e. The third kappa shape index (κ3) is 2.53. The van der Waals surface area contributed by atoms with Crippen molar-refractivity contribution in [3.63, 3.8) is 0 Å². The summed E-state index contributed by atoms with van der Waals surface area (Å²) in [6.07, 6.45) is 8.40. The molecular formula is C17H27NO4. The molecule has 0 aromatic heterocycles. The number of nitrogens with one attached hydrogen (secondary N) is 1. The highest BCUT2D eigenvalue weighted by Crippen LogP contribution is 2.53. The molecule has 0 heterocycles. The molecule has 1 spiro atoms. The van der Waals surface area contributed by atoms with Gasteiger partial charge in [-0.2, -0.15) is 0 Å². The van der Waals surface area contributed by atoms with Crippen LogP contribution in [0.4, 0.5) is 0 Å². The van der Waals surface area contributed by atoms with E-state index in [1.807, 2.05) is 6.92 Å². The molecule has 124 valence electrons. The van der Waals surface area contributed by atoms with Crippen molar-refractivity contribution in [3.05, 3.63) is 0 Å². The van der Waals surface area contributed by atoms with Gasteiger partial charge in [0.1, 0.15) is 0 Å². The highest BCUT2D eigenvalue weighted by molar-refractivity contribution is 5.86. The largest absolute Gasteiger partial charge is 0.481 e. The molecule has 5 heteroatoms. The Morgan fingerprint density at radius 3 is 2.41 bits per heavy atom. The summed E-state index contributed by atoms with van der Waals surface area (Å²) in [5.41, 5.74) is 0.104. The zero-order valence-electron chi connectivity index (χ0n) is 13.3. The van der Waals surface area contributed by atoms with Crippen molar-refractivity contribution in [1.29, 1.82) is 0 Å². The van der Waals surface area contributed by atoms with Crippen LogP contribution in [0.5, 0.6) is 0 Å². The molecule has 5 nitrogen and oxygen atoms in total. The van der Waals surface area contributed by atoms with Crippen molar-refractivity contribution in [1.82, 2.24) is 5.32 Å². The van der Waals surface area contributed by atoms with Crippen LogP contribution in [0, 0.1) is 17.3 Å². The van der Waals surface area contributed by atoms with Crippen LogP contribution in [0.1, 0.15) is 58.3 Å². The maximum absolute atomic E-state index is 12.4. The van der Waals surface area contributed by atoms with Crippen molar-refractivity contribution < 1.29 is 19.4 Å². The van der Waals surface area contributed by atoms with E-state index in [9.17, 15) is 9.59 Å². The molecule has 22 heavy (non-hydrogen) atoms. The number of carboxylic acids is 1. The van der Waals surface area contributed by atoms with Gasteiger partial charge in [-0.05, 0) is 39.0 Å². The number of rotatable bonds is 5. The lowest BCUT2D eigenvalue weighted by Gasteiger charge is -2.58. The van der Waals surface area contributed by atoms with Gasteiger partial charge < -0.3 is 15.2 Å². The normalized spacial score (nSPS) is 36.2. The molecule has 3 aliphatic carbocycles. The zero-order chi connectivity index (χ0) is 15.7. The van der Waals surface area contributed by atoms with Crippen LogP contribution in [-0.2, 0) is 14.3 Å². The second-order valence-electron chi connectivity index (χ2n) is 7.16. The maximum Gasteiger partial charge on any atom is 0.307 e. The average molecular weight is 309 g/mol. The summed E-state index contributed by atoms with van der Waals surface area (Å²) in [6, 6.07) is 0.173. The van der Waals surface area contributed by atoms with E-state index in [1.54, 1.807) is 0 Å². The Hall–Kier alpha value is -1.10. The first-order chi connectivity index (χ1) is 10.6. The van der Waals surface area contributed by atoms with Crippen LogP contribution in [0.2, 0.25) is 0 Å². The van der Waals surface area contributed by atoms with Crippen molar-refractivity contribution in [2.24, 2.45) is 17.3 Å². The maximum atomic E-state index is 12.4. The number of carbonyl (C=O) groups is 2. The fourth-order valence-electron chi connectivity index (χ4n) is 4.65. The molecule has 2 N–H and O–H groups in total. The van der Waals surface area contributed by atoms with E-state index >= 15 is 0 Å². The number of amides is 1. The Balaban J connectivity index is 1.62. The zero-order valence-corrected chi connectivity index (χ0v) is 13.3. The molecule has 0 aliphatic heterocycles. The fraction of sp³-hybridized carbons (Fsp3) is 0.882. The lowest BCUT2D eigenvalue weighted by atomic mass is 9.55. The summed E-state index contributed by atoms with van der Waals surface area (Å²) in [4.78, 5) is 23.5. The van der Waals surface area contributed by atoms with Crippen LogP contribution in [0.3, 0.4) is 0 Å². The van der Waals surface area contributed by atoms with Crippen molar-refractivity contribution >= 4 is 11.9 Å². The number of ether oxygens (including phenoxy) is 1. The van der Waals surface area contributed by atoms with Crippen LogP contribution in [0.15, 0.2) is 0 Å². The summed E-state index contributed by atoms with van der Waals surface area (Å²) >= 11 is 0. The summed E-state index contributed by atoms with van der Waals surface area (Å²) < 4.78 is 5.90. The van der Waals surface area contributed by atoms with Crippen molar-refractivity contribution in [3.8, 4) is 0 Å². The minimum Gasteiger partial charge on any atom is -0.481 e. The first kappa shape index (κ1) is 15.8. The minimum absolute atomic E-state index is 0.0523. The molecule has 3 rings (SSSR count). The van der Waals surface area contributed by atoms with E-state index < -0.39 is 11.9 Å². The predicted molar refractivity (Wildman–Crippen MR) is 81.3 cm³/mol. The van der Waals surface area contributed by atoms with Gasteiger partial charge in [-0.15, -0.1) is 0 Å². The fourth-order valence-corrected chi connectivity index (χ4v) is 4.65. The van der Waals surface area contributed by atoms with Crippen molar-refractivity contribution in [2.45, 2.75) is 70.4 Å². The van der Waals surface area contributed by atoms with Gasteiger partial charge in [0.05, 0.1) is 17.9 Å². The molecule has 0 bridgehead atoms. The molecule has 0 aromatic carbocycles. The monoisotopic (exact) mass is 309 g/mol. The highest BCUT2D eigenvalue weighted by atomic mass is 16.5. The second kappa shape index (κ2) is 6.19. The summed E-state index contributed by atoms with van der Waals surface area (Å²) in [5, 5.41) is 12.3. The number of carbonyl (C=O) groups excluding carboxylic acids is 1. The van der Waals surface area contributed by atoms with E-state index in [2.05, 4.69) is 5.32 Å². The number of hydrogen-bond donors (Lipinski definition) is 2. The Kier molecular flexibility index (Phi) is 4.44. The first-order valence-electron chi connectivity index (χ1n) is 8.73. The highest BCUT2D eigenvalue weighted by Gasteiger charge is 2.56.